The molecule has 0 bridgehead atoms. The van der Waals surface area contributed by atoms with Gasteiger partial charge in [-0.1, -0.05) is 71.4 Å². The molecule has 0 aromatic heterocycles. The van der Waals surface area contributed by atoms with Crippen LogP contribution in [-0.4, -0.2) is 12.1 Å². The van der Waals surface area contributed by atoms with Crippen LogP contribution in [0.4, 0.5) is 0 Å². The van der Waals surface area contributed by atoms with Gasteiger partial charge in [0.2, 0.25) is 0 Å². The molecule has 0 aliphatic carbocycles. The summed E-state index contributed by atoms with van der Waals surface area (Å²) in [5, 5.41) is 0. The summed E-state index contributed by atoms with van der Waals surface area (Å²) in [6.45, 7) is 8.39. The van der Waals surface area contributed by atoms with Gasteiger partial charge >= 0.3 is 5.97 Å². The molecule has 23 heavy (non-hydrogen) atoms. The van der Waals surface area contributed by atoms with Gasteiger partial charge in [0.05, 0.1) is 0 Å². The lowest BCUT2D eigenvalue weighted by atomic mass is 10.1. The van der Waals surface area contributed by atoms with Crippen molar-refractivity contribution in [2.75, 3.05) is 0 Å². The number of hydrogen-bond acceptors (Lipinski definition) is 2. The van der Waals surface area contributed by atoms with E-state index in [0.29, 0.717) is 12.3 Å². The molecule has 0 fully saturated rings. The summed E-state index contributed by atoms with van der Waals surface area (Å²) in [7, 11) is 0. The molecule has 0 spiro atoms. The SMILES string of the molecule is CCCCCC/C=C\CCCCCCCC(=O)OC(C)C(C)C. The smallest absolute Gasteiger partial charge is 0.306 e. The highest BCUT2D eigenvalue weighted by Gasteiger charge is 2.12. The summed E-state index contributed by atoms with van der Waals surface area (Å²) in [4.78, 5) is 11.6. The minimum absolute atomic E-state index is 0.0304. The fourth-order valence-corrected chi connectivity index (χ4v) is 2.39. The summed E-state index contributed by atoms with van der Waals surface area (Å²) in [6.07, 6.45) is 19.1. The van der Waals surface area contributed by atoms with Crippen molar-refractivity contribution in [3.05, 3.63) is 12.2 Å². The third-order valence-electron chi connectivity index (χ3n) is 4.40. The van der Waals surface area contributed by atoms with Crippen LogP contribution in [0, 0.1) is 5.92 Å². The summed E-state index contributed by atoms with van der Waals surface area (Å²) < 4.78 is 5.37. The Morgan fingerprint density at radius 1 is 0.826 bits per heavy atom. The first kappa shape index (κ1) is 22.2. The Balaban J connectivity index is 3.30. The normalized spacial score (nSPS) is 12.9. The van der Waals surface area contributed by atoms with Crippen molar-refractivity contribution in [3.8, 4) is 0 Å². The predicted octanol–water partition coefficient (Wildman–Crippen LogP) is 6.83. The van der Waals surface area contributed by atoms with Crippen LogP contribution in [0.3, 0.4) is 0 Å². The zero-order valence-electron chi connectivity index (χ0n) is 16.1. The van der Waals surface area contributed by atoms with E-state index in [9.17, 15) is 4.79 Å². The summed E-state index contributed by atoms with van der Waals surface area (Å²) in [6, 6.07) is 0. The van der Waals surface area contributed by atoms with Crippen molar-refractivity contribution >= 4 is 5.97 Å². The molecule has 2 heteroatoms. The van der Waals surface area contributed by atoms with Gasteiger partial charge in [-0.15, -0.1) is 0 Å². The van der Waals surface area contributed by atoms with E-state index in [4.69, 9.17) is 4.74 Å². The van der Waals surface area contributed by atoms with Gasteiger partial charge in [0, 0.05) is 6.42 Å². The molecule has 0 rings (SSSR count). The molecule has 0 aromatic carbocycles. The van der Waals surface area contributed by atoms with Gasteiger partial charge in [0.25, 0.3) is 0 Å². The lowest BCUT2D eigenvalue weighted by Crippen LogP contribution is -2.19. The third-order valence-corrected chi connectivity index (χ3v) is 4.40. The molecule has 0 heterocycles. The molecule has 0 amide bonds. The zero-order valence-corrected chi connectivity index (χ0v) is 16.1. The van der Waals surface area contributed by atoms with Gasteiger partial charge in [0.1, 0.15) is 6.10 Å². The Bertz CT molecular complexity index is 294. The van der Waals surface area contributed by atoms with Crippen LogP contribution >= 0.6 is 0 Å². The minimum Gasteiger partial charge on any atom is -0.462 e. The molecule has 0 aliphatic heterocycles. The van der Waals surface area contributed by atoms with Gasteiger partial charge < -0.3 is 4.74 Å². The van der Waals surface area contributed by atoms with Crippen LogP contribution in [0.1, 0.15) is 105 Å². The van der Waals surface area contributed by atoms with Crippen LogP contribution in [0.5, 0.6) is 0 Å². The number of unbranched alkanes of at least 4 members (excludes halogenated alkanes) is 9. The number of carbonyl (C=O) groups is 1. The maximum Gasteiger partial charge on any atom is 0.306 e. The number of allylic oxidation sites excluding steroid dienone is 2. The Morgan fingerprint density at radius 3 is 1.91 bits per heavy atom. The molecule has 136 valence electrons. The van der Waals surface area contributed by atoms with Crippen LogP contribution in [0.25, 0.3) is 0 Å². The number of ether oxygens (including phenoxy) is 1. The minimum atomic E-state index is -0.0304. The van der Waals surface area contributed by atoms with E-state index in [0.717, 1.165) is 12.8 Å². The fourth-order valence-electron chi connectivity index (χ4n) is 2.39. The first-order valence-electron chi connectivity index (χ1n) is 9.92. The maximum atomic E-state index is 11.6. The summed E-state index contributed by atoms with van der Waals surface area (Å²) in [5.74, 6) is 0.371. The van der Waals surface area contributed by atoms with Gasteiger partial charge in [-0.3, -0.25) is 4.79 Å². The van der Waals surface area contributed by atoms with Crippen LogP contribution in [-0.2, 0) is 9.53 Å². The molecule has 1 unspecified atom stereocenters. The Labute approximate surface area is 145 Å². The van der Waals surface area contributed by atoms with E-state index in [-0.39, 0.29) is 12.1 Å². The monoisotopic (exact) mass is 324 g/mol. The van der Waals surface area contributed by atoms with E-state index in [1.807, 2.05) is 6.92 Å². The Hall–Kier alpha value is -0.790. The fraction of sp³-hybridized carbons (Fsp3) is 0.857. The quantitative estimate of drug-likeness (QED) is 0.187. The molecule has 2 nitrogen and oxygen atoms in total. The maximum absolute atomic E-state index is 11.6. The van der Waals surface area contributed by atoms with E-state index < -0.39 is 0 Å². The number of hydrogen-bond donors (Lipinski definition) is 0. The number of carbonyl (C=O) groups excluding carboxylic acids is 1. The third kappa shape index (κ3) is 15.9. The summed E-state index contributed by atoms with van der Waals surface area (Å²) in [5.41, 5.74) is 0. The molecular weight excluding hydrogens is 284 g/mol. The molecule has 0 N–H and O–H groups in total. The van der Waals surface area contributed by atoms with E-state index in [2.05, 4.69) is 32.9 Å². The molecular formula is C21H40O2. The van der Waals surface area contributed by atoms with E-state index in [1.165, 1.54) is 57.8 Å². The molecule has 0 aliphatic rings. The highest BCUT2D eigenvalue weighted by molar-refractivity contribution is 5.69. The second-order valence-corrected chi connectivity index (χ2v) is 7.07. The van der Waals surface area contributed by atoms with Crippen molar-refractivity contribution in [1.82, 2.24) is 0 Å². The van der Waals surface area contributed by atoms with Crippen LogP contribution in [0.2, 0.25) is 0 Å². The van der Waals surface area contributed by atoms with Crippen molar-refractivity contribution in [2.45, 2.75) is 111 Å². The van der Waals surface area contributed by atoms with Crippen LogP contribution in [0.15, 0.2) is 12.2 Å². The predicted molar refractivity (Wildman–Crippen MR) is 101 cm³/mol. The number of esters is 1. The highest BCUT2D eigenvalue weighted by Crippen LogP contribution is 2.11. The van der Waals surface area contributed by atoms with Gasteiger partial charge in [-0.25, -0.2) is 0 Å². The van der Waals surface area contributed by atoms with Crippen LogP contribution < -0.4 is 0 Å². The standard InChI is InChI=1S/C21H40O2/c1-5-6-7-8-9-10-11-12-13-14-15-16-17-18-21(22)23-20(4)19(2)3/h10-11,19-20H,5-9,12-18H2,1-4H3/b11-10-. The molecule has 0 aromatic rings. The van der Waals surface area contributed by atoms with Crippen molar-refractivity contribution < 1.29 is 9.53 Å². The topological polar surface area (TPSA) is 26.3 Å². The second kappa shape index (κ2) is 16.1. The zero-order chi connectivity index (χ0) is 17.3. The Morgan fingerprint density at radius 2 is 1.35 bits per heavy atom. The lowest BCUT2D eigenvalue weighted by molar-refractivity contribution is -0.150. The van der Waals surface area contributed by atoms with Crippen molar-refractivity contribution in [2.24, 2.45) is 5.92 Å². The largest absolute Gasteiger partial charge is 0.462 e. The average molecular weight is 325 g/mol. The van der Waals surface area contributed by atoms with Gasteiger partial charge in [0.15, 0.2) is 0 Å². The molecule has 0 saturated heterocycles. The first-order chi connectivity index (χ1) is 11.1. The van der Waals surface area contributed by atoms with Gasteiger partial charge in [-0.05, 0) is 44.9 Å². The number of rotatable bonds is 15. The summed E-state index contributed by atoms with van der Waals surface area (Å²) >= 11 is 0. The van der Waals surface area contributed by atoms with Gasteiger partial charge in [-0.2, -0.15) is 0 Å². The lowest BCUT2D eigenvalue weighted by Gasteiger charge is -2.16. The Kier molecular flexibility index (Phi) is 15.5. The molecule has 1 atom stereocenters. The second-order valence-electron chi connectivity index (χ2n) is 7.07. The average Bonchev–Trinajstić information content (AvgIpc) is 2.51. The van der Waals surface area contributed by atoms with E-state index >= 15 is 0 Å². The first-order valence-corrected chi connectivity index (χ1v) is 9.92. The highest BCUT2D eigenvalue weighted by atomic mass is 16.5. The molecule has 0 radical (unpaired) electrons. The van der Waals surface area contributed by atoms with Crippen molar-refractivity contribution in [1.29, 1.82) is 0 Å². The molecule has 0 saturated carbocycles. The van der Waals surface area contributed by atoms with E-state index in [1.54, 1.807) is 0 Å². The van der Waals surface area contributed by atoms with Crippen molar-refractivity contribution in [3.63, 3.8) is 0 Å².